The van der Waals surface area contributed by atoms with Crippen molar-refractivity contribution in [3.05, 3.63) is 53.9 Å². The third kappa shape index (κ3) is 2.89. The Hall–Kier alpha value is -1.55. The van der Waals surface area contributed by atoms with E-state index in [0.29, 0.717) is 4.90 Å². The van der Waals surface area contributed by atoms with Gasteiger partial charge in [-0.05, 0) is 44.0 Å². The molecule has 0 unspecified atom stereocenters. The van der Waals surface area contributed by atoms with E-state index in [1.165, 1.54) is 3.97 Å². The summed E-state index contributed by atoms with van der Waals surface area (Å²) in [6, 6.07) is 10.6. The molecule has 0 fully saturated rings. The summed E-state index contributed by atoms with van der Waals surface area (Å²) in [4.78, 5) is 0.340. The first-order valence-electron chi connectivity index (χ1n) is 6.54. The van der Waals surface area contributed by atoms with Crippen LogP contribution >= 0.6 is 0 Å². The van der Waals surface area contributed by atoms with E-state index in [1.807, 2.05) is 25.1 Å². The fourth-order valence-electron chi connectivity index (χ4n) is 2.01. The van der Waals surface area contributed by atoms with E-state index >= 15 is 0 Å². The predicted molar refractivity (Wildman–Crippen MR) is 76.8 cm³/mol. The van der Waals surface area contributed by atoms with Gasteiger partial charge in [-0.15, -0.1) is 0 Å². The molecule has 0 aliphatic carbocycles. The number of rotatable bonds is 5. The molecule has 1 heterocycles. The second-order valence-corrected chi connectivity index (χ2v) is 6.53. The Morgan fingerprint density at radius 2 is 1.79 bits per heavy atom. The van der Waals surface area contributed by atoms with Gasteiger partial charge in [0, 0.05) is 11.9 Å². The third-order valence-electron chi connectivity index (χ3n) is 3.16. The Bertz CT molecular complexity index is 639. The Labute approximate surface area is 114 Å². The van der Waals surface area contributed by atoms with Crippen LogP contribution < -0.4 is 0 Å². The smallest absolute Gasteiger partial charge is 0.246 e. The molecule has 0 amide bonds. The fourth-order valence-corrected chi connectivity index (χ4v) is 3.41. The van der Waals surface area contributed by atoms with E-state index in [9.17, 15) is 8.42 Å². The minimum atomic E-state index is -3.46. The average Bonchev–Trinajstić information content (AvgIpc) is 2.86. The molecule has 102 valence electrons. The number of aryl methyl sites for hydroxylation is 2. The maximum atomic E-state index is 12.6. The first kappa shape index (κ1) is 13.9. The van der Waals surface area contributed by atoms with Crippen LogP contribution in [-0.4, -0.2) is 12.4 Å². The monoisotopic (exact) mass is 277 g/mol. The third-order valence-corrected chi connectivity index (χ3v) is 4.90. The van der Waals surface area contributed by atoms with Crippen molar-refractivity contribution in [3.8, 4) is 0 Å². The van der Waals surface area contributed by atoms with Crippen molar-refractivity contribution in [1.82, 2.24) is 3.97 Å². The first-order valence-corrected chi connectivity index (χ1v) is 7.98. The number of aromatic nitrogens is 1. The van der Waals surface area contributed by atoms with Gasteiger partial charge in [0.1, 0.15) is 0 Å². The van der Waals surface area contributed by atoms with Crippen molar-refractivity contribution >= 4 is 10.0 Å². The normalized spacial score (nSPS) is 11.7. The highest BCUT2D eigenvalue weighted by Gasteiger charge is 2.18. The quantitative estimate of drug-likeness (QED) is 0.840. The second kappa shape index (κ2) is 5.61. The highest BCUT2D eigenvalue weighted by Crippen LogP contribution is 2.18. The van der Waals surface area contributed by atoms with Crippen LogP contribution in [0.2, 0.25) is 0 Å². The van der Waals surface area contributed by atoms with E-state index in [2.05, 4.69) is 6.92 Å². The molecule has 4 heteroatoms. The van der Waals surface area contributed by atoms with Gasteiger partial charge in [-0.3, -0.25) is 0 Å². The zero-order chi connectivity index (χ0) is 13.9. The molecule has 1 aromatic heterocycles. The van der Waals surface area contributed by atoms with Gasteiger partial charge in [-0.2, -0.15) is 0 Å². The van der Waals surface area contributed by atoms with Crippen LogP contribution in [0, 0.1) is 6.92 Å². The van der Waals surface area contributed by atoms with E-state index in [4.69, 9.17) is 0 Å². The number of hydrogen-bond acceptors (Lipinski definition) is 2. The summed E-state index contributed by atoms with van der Waals surface area (Å²) in [6.45, 7) is 4.04. The van der Waals surface area contributed by atoms with Gasteiger partial charge in [-0.25, -0.2) is 12.4 Å². The van der Waals surface area contributed by atoms with E-state index in [0.717, 1.165) is 30.5 Å². The summed E-state index contributed by atoms with van der Waals surface area (Å²) in [5.41, 5.74) is 1.90. The topological polar surface area (TPSA) is 39.1 Å². The summed E-state index contributed by atoms with van der Waals surface area (Å²) in [6.07, 6.45) is 4.46. The van der Waals surface area contributed by atoms with Crippen molar-refractivity contribution in [2.24, 2.45) is 0 Å². The molecule has 0 N–H and O–H groups in total. The average molecular weight is 277 g/mol. The van der Waals surface area contributed by atoms with E-state index in [1.54, 1.807) is 24.4 Å². The minimum Gasteiger partial charge on any atom is -0.246 e. The number of hydrogen-bond donors (Lipinski definition) is 0. The maximum absolute atomic E-state index is 12.6. The molecule has 19 heavy (non-hydrogen) atoms. The van der Waals surface area contributed by atoms with Gasteiger partial charge in [0.25, 0.3) is 10.0 Å². The Morgan fingerprint density at radius 1 is 1.11 bits per heavy atom. The summed E-state index contributed by atoms with van der Waals surface area (Å²) < 4.78 is 26.5. The summed E-state index contributed by atoms with van der Waals surface area (Å²) in [5, 5.41) is 0. The van der Waals surface area contributed by atoms with Crippen molar-refractivity contribution < 1.29 is 8.42 Å². The predicted octanol–water partition coefficient (Wildman–Crippen LogP) is 3.38. The van der Waals surface area contributed by atoms with Crippen molar-refractivity contribution in [1.29, 1.82) is 0 Å². The molecule has 0 aliphatic heterocycles. The largest absolute Gasteiger partial charge is 0.267 e. The molecule has 0 spiro atoms. The van der Waals surface area contributed by atoms with E-state index < -0.39 is 10.0 Å². The molecule has 2 aromatic rings. The molecule has 1 aromatic carbocycles. The number of benzene rings is 1. The Kier molecular flexibility index (Phi) is 4.10. The lowest BCUT2D eigenvalue weighted by atomic mass is 10.2. The molecule has 2 rings (SSSR count). The van der Waals surface area contributed by atoms with Crippen molar-refractivity contribution in [2.75, 3.05) is 0 Å². The van der Waals surface area contributed by atoms with Crippen LogP contribution in [0.15, 0.2) is 47.5 Å². The Morgan fingerprint density at radius 3 is 2.42 bits per heavy atom. The number of unbranched alkanes of at least 4 members (excludes halogenated alkanes) is 1. The van der Waals surface area contributed by atoms with Crippen LogP contribution in [0.4, 0.5) is 0 Å². The van der Waals surface area contributed by atoms with Crippen LogP contribution in [0.3, 0.4) is 0 Å². The minimum absolute atomic E-state index is 0.340. The molecule has 0 atom stereocenters. The molecule has 0 saturated heterocycles. The summed E-state index contributed by atoms with van der Waals surface area (Å²) in [7, 11) is -3.46. The SMILES string of the molecule is CCCCc1cccn1S(=O)(=O)c1ccc(C)cc1. The molecule has 0 saturated carbocycles. The highest BCUT2D eigenvalue weighted by molar-refractivity contribution is 7.90. The molecule has 0 bridgehead atoms. The zero-order valence-corrected chi connectivity index (χ0v) is 12.2. The molecule has 3 nitrogen and oxygen atoms in total. The van der Waals surface area contributed by atoms with Gasteiger partial charge in [-0.1, -0.05) is 31.0 Å². The lowest BCUT2D eigenvalue weighted by molar-refractivity contribution is 0.584. The molecule has 0 radical (unpaired) electrons. The summed E-state index contributed by atoms with van der Waals surface area (Å²) in [5.74, 6) is 0. The molecule has 0 aliphatic rings. The van der Waals surface area contributed by atoms with Gasteiger partial charge >= 0.3 is 0 Å². The highest BCUT2D eigenvalue weighted by atomic mass is 32.2. The van der Waals surface area contributed by atoms with Crippen molar-refractivity contribution in [3.63, 3.8) is 0 Å². The van der Waals surface area contributed by atoms with Crippen molar-refractivity contribution in [2.45, 2.75) is 38.0 Å². The lowest BCUT2D eigenvalue weighted by Gasteiger charge is -2.10. The van der Waals surface area contributed by atoms with Gasteiger partial charge in [0.2, 0.25) is 0 Å². The standard InChI is InChI=1S/C15H19NO2S/c1-3-4-6-14-7-5-12-16(14)19(17,18)15-10-8-13(2)9-11-15/h5,7-12H,3-4,6H2,1-2H3. The van der Waals surface area contributed by atoms with Crippen LogP contribution in [0.1, 0.15) is 31.0 Å². The van der Waals surface area contributed by atoms with Gasteiger partial charge < -0.3 is 0 Å². The van der Waals surface area contributed by atoms with Crippen LogP contribution in [-0.2, 0) is 16.4 Å². The lowest BCUT2D eigenvalue weighted by Crippen LogP contribution is -2.14. The second-order valence-electron chi connectivity index (χ2n) is 4.72. The molecular weight excluding hydrogens is 258 g/mol. The van der Waals surface area contributed by atoms with E-state index in [-0.39, 0.29) is 0 Å². The number of nitrogens with zero attached hydrogens (tertiary/aromatic N) is 1. The zero-order valence-electron chi connectivity index (χ0n) is 11.3. The maximum Gasteiger partial charge on any atom is 0.267 e. The Balaban J connectivity index is 2.39. The fraction of sp³-hybridized carbons (Fsp3) is 0.333. The van der Waals surface area contributed by atoms with Gasteiger partial charge in [0.05, 0.1) is 4.90 Å². The van der Waals surface area contributed by atoms with Crippen LogP contribution in [0.25, 0.3) is 0 Å². The molecular formula is C15H19NO2S. The van der Waals surface area contributed by atoms with Crippen LogP contribution in [0.5, 0.6) is 0 Å². The van der Waals surface area contributed by atoms with Gasteiger partial charge in [0.15, 0.2) is 0 Å². The first-order chi connectivity index (χ1) is 9.05. The summed E-state index contributed by atoms with van der Waals surface area (Å²) >= 11 is 0.